The summed E-state index contributed by atoms with van der Waals surface area (Å²) in [5.74, 6) is 0.515. The number of hydrogen-bond acceptors (Lipinski definition) is 15. The predicted octanol–water partition coefficient (Wildman–Crippen LogP) is -0.116. The van der Waals surface area contributed by atoms with Crippen molar-refractivity contribution in [2.24, 2.45) is 46.3 Å². The van der Waals surface area contributed by atoms with Crippen LogP contribution in [0.3, 0.4) is 0 Å². The molecule has 9 N–H and O–H groups in total. The van der Waals surface area contributed by atoms with Crippen LogP contribution in [0, 0.1) is 46.3 Å². The molecule has 314 valence electrons. The lowest BCUT2D eigenvalue weighted by atomic mass is 9.46. The van der Waals surface area contributed by atoms with Crippen molar-refractivity contribution in [2.75, 3.05) is 13.2 Å². The maximum Gasteiger partial charge on any atom is 0.309 e. The van der Waals surface area contributed by atoms with Crippen molar-refractivity contribution in [3.05, 3.63) is 11.6 Å². The van der Waals surface area contributed by atoms with E-state index in [2.05, 4.69) is 26.8 Å². The fourth-order valence-corrected chi connectivity index (χ4v) is 12.2. The van der Waals surface area contributed by atoms with E-state index in [-0.39, 0.29) is 41.5 Å². The van der Waals surface area contributed by atoms with E-state index in [1.807, 2.05) is 13.8 Å². The molecule has 0 aromatic carbocycles. The van der Waals surface area contributed by atoms with Gasteiger partial charge in [0.15, 0.2) is 12.6 Å². The number of allylic oxidation sites excluding steroid dienone is 1. The molecule has 55 heavy (non-hydrogen) atoms. The third kappa shape index (κ3) is 6.94. The van der Waals surface area contributed by atoms with Gasteiger partial charge in [-0.05, 0) is 86.9 Å². The average molecular weight is 785 g/mol. The summed E-state index contributed by atoms with van der Waals surface area (Å²) in [5.41, 5.74) is -0.749. The first-order chi connectivity index (χ1) is 25.8. The Balaban J connectivity index is 1.01. The molecule has 7 aliphatic rings. The van der Waals surface area contributed by atoms with Crippen LogP contribution in [0.1, 0.15) is 86.0 Å². The fourth-order valence-electron chi connectivity index (χ4n) is 12.2. The van der Waals surface area contributed by atoms with Crippen molar-refractivity contribution < 1.29 is 74.4 Å². The molecule has 0 aromatic rings. The molecule has 22 atom stereocenters. The topological polar surface area (TPSA) is 245 Å². The molecule has 3 saturated heterocycles. The molecule has 0 bridgehead atoms. The lowest BCUT2D eigenvalue weighted by Gasteiger charge is -2.60. The molecule has 3 saturated carbocycles. The second-order valence-electron chi connectivity index (χ2n) is 18.7. The van der Waals surface area contributed by atoms with Crippen molar-refractivity contribution in [3.8, 4) is 0 Å². The minimum absolute atomic E-state index is 0.0289. The first-order valence-corrected chi connectivity index (χ1v) is 20.4. The largest absolute Gasteiger partial charge is 0.459 e. The van der Waals surface area contributed by atoms with Crippen molar-refractivity contribution in [1.29, 1.82) is 0 Å². The van der Waals surface area contributed by atoms with Gasteiger partial charge in [-0.3, -0.25) is 4.79 Å². The SMILES string of the molecule is CC1CC(C(C)(O)C2CCC3C4CC=C5CC(OC6OC(COC7OC(CO)C(O)C(O)C7O)C(O)C(O)C6O)CC(O)C5(C)C4CCC32C)OC(=O)C1C. The normalized spacial score (nSPS) is 54.0. The maximum absolute atomic E-state index is 12.7. The van der Waals surface area contributed by atoms with Gasteiger partial charge in [0.25, 0.3) is 0 Å². The number of carbonyl (C=O) groups excluding carboxylic acids is 1. The van der Waals surface area contributed by atoms with Gasteiger partial charge in [0.1, 0.15) is 60.5 Å². The Morgan fingerprint density at radius 2 is 1.51 bits per heavy atom. The minimum atomic E-state index is -1.68. The van der Waals surface area contributed by atoms with Gasteiger partial charge in [0.05, 0.1) is 31.3 Å². The molecular formula is C40H64O15. The van der Waals surface area contributed by atoms with Crippen LogP contribution in [-0.4, -0.2) is 150 Å². The van der Waals surface area contributed by atoms with Crippen LogP contribution < -0.4 is 0 Å². The molecule has 0 radical (unpaired) electrons. The molecule has 15 nitrogen and oxygen atoms in total. The van der Waals surface area contributed by atoms with E-state index < -0.39 is 104 Å². The summed E-state index contributed by atoms with van der Waals surface area (Å²) in [4.78, 5) is 12.7. The third-order valence-corrected chi connectivity index (χ3v) is 15.9. The summed E-state index contributed by atoms with van der Waals surface area (Å²) >= 11 is 0. The molecule has 15 heteroatoms. The molecule has 0 aromatic heterocycles. The lowest BCUT2D eigenvalue weighted by Crippen LogP contribution is -2.62. The van der Waals surface area contributed by atoms with Crippen molar-refractivity contribution >= 4 is 5.97 Å². The summed E-state index contributed by atoms with van der Waals surface area (Å²) in [7, 11) is 0. The number of aliphatic hydroxyl groups excluding tert-OH is 8. The van der Waals surface area contributed by atoms with E-state index in [4.69, 9.17) is 23.7 Å². The number of cyclic esters (lactones) is 1. The highest BCUT2D eigenvalue weighted by molar-refractivity contribution is 5.73. The molecule has 3 heterocycles. The van der Waals surface area contributed by atoms with Crippen molar-refractivity contribution in [2.45, 2.75) is 171 Å². The summed E-state index contributed by atoms with van der Waals surface area (Å²) < 4.78 is 29.0. The number of esters is 1. The van der Waals surface area contributed by atoms with E-state index >= 15 is 0 Å². The highest BCUT2D eigenvalue weighted by Gasteiger charge is 2.64. The molecule has 0 spiro atoms. The van der Waals surface area contributed by atoms with Crippen LogP contribution in [-0.2, 0) is 28.5 Å². The first-order valence-electron chi connectivity index (χ1n) is 20.4. The summed E-state index contributed by atoms with van der Waals surface area (Å²) in [6, 6.07) is 0. The van der Waals surface area contributed by atoms with Crippen LogP contribution in [0.15, 0.2) is 11.6 Å². The number of carbonyl (C=O) groups is 1. The Morgan fingerprint density at radius 3 is 2.18 bits per heavy atom. The van der Waals surface area contributed by atoms with Gasteiger partial charge in [0, 0.05) is 11.8 Å². The average Bonchev–Trinajstić information content (AvgIpc) is 3.51. The second-order valence-corrected chi connectivity index (χ2v) is 18.7. The van der Waals surface area contributed by atoms with E-state index in [9.17, 15) is 50.8 Å². The van der Waals surface area contributed by atoms with Gasteiger partial charge in [-0.25, -0.2) is 0 Å². The number of hydrogen-bond donors (Lipinski definition) is 9. The lowest BCUT2D eigenvalue weighted by molar-refractivity contribution is -0.337. The summed E-state index contributed by atoms with van der Waals surface area (Å²) in [6.45, 7) is 9.14. The smallest absolute Gasteiger partial charge is 0.309 e. The van der Waals surface area contributed by atoms with Gasteiger partial charge in [-0.15, -0.1) is 0 Å². The zero-order valence-corrected chi connectivity index (χ0v) is 32.6. The van der Waals surface area contributed by atoms with Crippen LogP contribution in [0.4, 0.5) is 0 Å². The zero-order chi connectivity index (χ0) is 39.9. The number of aliphatic hydroxyl groups is 9. The highest BCUT2D eigenvalue weighted by atomic mass is 16.7. The Kier molecular flexibility index (Phi) is 11.7. The van der Waals surface area contributed by atoms with Gasteiger partial charge in [-0.2, -0.15) is 0 Å². The molecular weight excluding hydrogens is 720 g/mol. The standard InChI is InChI=1S/C40H64O15/c1-17-12-28(55-35(49)18(17)2)40(5,50)26-9-8-22-21-7-6-19-13-20(14-27(42)39(19,4)23(21)10-11-38(22,26)3)52-37-34(48)32(46)30(44)25(54-37)16-51-36-33(47)31(45)29(43)24(15-41)53-36/h6,17-18,20-34,36-37,41-48,50H,7-16H2,1-5H3. The molecule has 3 aliphatic heterocycles. The molecule has 7 rings (SSSR count). The highest BCUT2D eigenvalue weighted by Crippen LogP contribution is 2.68. The Labute approximate surface area is 322 Å². The zero-order valence-electron chi connectivity index (χ0n) is 32.6. The van der Waals surface area contributed by atoms with Crippen LogP contribution in [0.25, 0.3) is 0 Å². The van der Waals surface area contributed by atoms with Gasteiger partial charge < -0.3 is 69.6 Å². The third-order valence-electron chi connectivity index (χ3n) is 15.9. The summed E-state index contributed by atoms with van der Waals surface area (Å²) in [6.07, 6.45) is -9.11. The fraction of sp³-hybridized carbons (Fsp3) is 0.925. The molecule has 4 aliphatic carbocycles. The number of fused-ring (bicyclic) bond motifs is 5. The maximum atomic E-state index is 12.7. The van der Waals surface area contributed by atoms with Gasteiger partial charge in [0.2, 0.25) is 0 Å². The monoisotopic (exact) mass is 784 g/mol. The molecule has 6 fully saturated rings. The van der Waals surface area contributed by atoms with E-state index in [1.54, 1.807) is 0 Å². The summed E-state index contributed by atoms with van der Waals surface area (Å²) in [5, 5.41) is 96.5. The van der Waals surface area contributed by atoms with Crippen LogP contribution in [0.2, 0.25) is 0 Å². The molecule has 22 unspecified atom stereocenters. The predicted molar refractivity (Wildman–Crippen MR) is 191 cm³/mol. The van der Waals surface area contributed by atoms with Gasteiger partial charge >= 0.3 is 5.97 Å². The van der Waals surface area contributed by atoms with Crippen LogP contribution in [0.5, 0.6) is 0 Å². The van der Waals surface area contributed by atoms with E-state index in [0.29, 0.717) is 24.7 Å². The number of rotatable bonds is 8. The number of ether oxygens (including phenoxy) is 5. The van der Waals surface area contributed by atoms with E-state index in [0.717, 1.165) is 37.7 Å². The van der Waals surface area contributed by atoms with Crippen molar-refractivity contribution in [3.63, 3.8) is 0 Å². The second kappa shape index (κ2) is 15.4. The van der Waals surface area contributed by atoms with Crippen LogP contribution >= 0.6 is 0 Å². The quantitative estimate of drug-likeness (QED) is 0.115. The molecule has 0 amide bonds. The minimum Gasteiger partial charge on any atom is -0.459 e. The Morgan fingerprint density at radius 1 is 0.855 bits per heavy atom. The first kappa shape index (κ1) is 41.8. The van der Waals surface area contributed by atoms with Gasteiger partial charge in [-0.1, -0.05) is 39.3 Å². The van der Waals surface area contributed by atoms with Crippen molar-refractivity contribution in [1.82, 2.24) is 0 Å². The Bertz CT molecular complexity index is 1420. The Hall–Kier alpha value is -1.31. The van der Waals surface area contributed by atoms with E-state index in [1.165, 1.54) is 0 Å².